The summed E-state index contributed by atoms with van der Waals surface area (Å²) >= 11 is 5.25. The quantitative estimate of drug-likeness (QED) is 0.751. The highest BCUT2D eigenvalue weighted by Crippen LogP contribution is 2.06. The van der Waals surface area contributed by atoms with Gasteiger partial charge in [-0.15, -0.1) is 0 Å². The summed E-state index contributed by atoms with van der Waals surface area (Å²) in [5.41, 5.74) is 2.48. The minimum atomic E-state index is -0.168. The van der Waals surface area contributed by atoms with Gasteiger partial charge in [-0.05, 0) is 23.3 Å². The Labute approximate surface area is 132 Å². The van der Waals surface area contributed by atoms with Crippen molar-refractivity contribution >= 4 is 12.2 Å². The van der Waals surface area contributed by atoms with Crippen molar-refractivity contribution < 1.29 is 0 Å². The number of rotatable bonds is 4. The van der Waals surface area contributed by atoms with Gasteiger partial charge < -0.3 is 4.57 Å². The summed E-state index contributed by atoms with van der Waals surface area (Å²) in [4.78, 5) is 22.7. The van der Waals surface area contributed by atoms with Gasteiger partial charge in [0.1, 0.15) is 6.33 Å². The summed E-state index contributed by atoms with van der Waals surface area (Å²) in [5, 5.41) is 0. The van der Waals surface area contributed by atoms with Crippen LogP contribution in [0.3, 0.4) is 0 Å². The van der Waals surface area contributed by atoms with E-state index in [4.69, 9.17) is 12.2 Å². The van der Waals surface area contributed by atoms with Crippen LogP contribution in [0.15, 0.2) is 60.0 Å². The van der Waals surface area contributed by atoms with Crippen LogP contribution >= 0.6 is 12.2 Å². The molecule has 0 bridgehead atoms. The minimum absolute atomic E-state index is 0.168. The topological polar surface area (TPSA) is 63.6 Å². The normalized spacial score (nSPS) is 10.5. The first-order chi connectivity index (χ1) is 10.7. The number of aromatic amines is 1. The Morgan fingerprint density at radius 3 is 2.55 bits per heavy atom. The average Bonchev–Trinajstić information content (AvgIpc) is 2.54. The van der Waals surface area contributed by atoms with Gasteiger partial charge >= 0.3 is 0 Å². The molecule has 0 aliphatic heterocycles. The summed E-state index contributed by atoms with van der Waals surface area (Å²) < 4.78 is 2.28. The van der Waals surface area contributed by atoms with Crippen LogP contribution in [0, 0.1) is 4.77 Å². The smallest absolute Gasteiger partial charge is 0.255 e. The largest absolute Gasteiger partial charge is 0.320 e. The molecule has 0 aliphatic carbocycles. The average molecular weight is 310 g/mol. The third-order valence-electron chi connectivity index (χ3n) is 3.29. The number of nitrogens with one attached hydrogen (secondary N) is 1. The number of nitrogens with zero attached hydrogens (tertiary/aromatic N) is 3. The number of benzene rings is 1. The van der Waals surface area contributed by atoms with Crippen molar-refractivity contribution in [2.45, 2.75) is 13.0 Å². The van der Waals surface area contributed by atoms with Crippen LogP contribution in [0.1, 0.15) is 16.7 Å². The molecule has 0 atom stereocenters. The van der Waals surface area contributed by atoms with Gasteiger partial charge in [-0.1, -0.05) is 30.3 Å². The zero-order valence-electron chi connectivity index (χ0n) is 11.8. The van der Waals surface area contributed by atoms with Crippen molar-refractivity contribution in [1.29, 1.82) is 0 Å². The molecule has 5 nitrogen and oxygen atoms in total. The van der Waals surface area contributed by atoms with Crippen LogP contribution in [-0.2, 0) is 13.0 Å². The third kappa shape index (κ3) is 3.35. The van der Waals surface area contributed by atoms with Crippen molar-refractivity contribution in [3.63, 3.8) is 0 Å². The zero-order valence-corrected chi connectivity index (χ0v) is 12.6. The first-order valence-corrected chi connectivity index (χ1v) is 7.23. The van der Waals surface area contributed by atoms with Crippen molar-refractivity contribution in [2.75, 3.05) is 0 Å². The molecule has 1 aromatic carbocycles. The molecule has 0 radical (unpaired) electrons. The number of hydrogen-bond donors (Lipinski definition) is 1. The zero-order chi connectivity index (χ0) is 15.4. The number of hydrogen-bond acceptors (Lipinski definition) is 4. The molecule has 2 aromatic heterocycles. The molecule has 3 rings (SSSR count). The number of aromatic nitrogens is 4. The molecule has 0 aliphatic rings. The van der Waals surface area contributed by atoms with E-state index in [1.165, 1.54) is 6.33 Å². The summed E-state index contributed by atoms with van der Waals surface area (Å²) in [6.07, 6.45) is 7.16. The molecular formula is C16H14N4OS. The van der Waals surface area contributed by atoms with E-state index in [0.717, 1.165) is 11.1 Å². The highest BCUT2D eigenvalue weighted by atomic mass is 32.1. The summed E-state index contributed by atoms with van der Waals surface area (Å²) in [7, 11) is 0. The van der Waals surface area contributed by atoms with Crippen LogP contribution in [-0.4, -0.2) is 19.5 Å². The van der Waals surface area contributed by atoms with Gasteiger partial charge in [-0.2, -0.15) is 0 Å². The standard InChI is InChI=1S/C16H14N4OS/c21-15-14(6-13-7-17-11-18-8-13)10-20(16(22)19-15)9-12-4-2-1-3-5-12/h1-5,7-8,10-11H,6,9H2,(H,19,21,22). The molecule has 22 heavy (non-hydrogen) atoms. The predicted octanol–water partition coefficient (Wildman–Crippen LogP) is 2.33. The van der Waals surface area contributed by atoms with Crippen LogP contribution in [0.25, 0.3) is 0 Å². The third-order valence-corrected chi connectivity index (χ3v) is 3.63. The van der Waals surface area contributed by atoms with Crippen molar-refractivity contribution in [3.8, 4) is 0 Å². The highest BCUT2D eigenvalue weighted by molar-refractivity contribution is 7.71. The summed E-state index contributed by atoms with van der Waals surface area (Å²) in [6.45, 7) is 0.620. The van der Waals surface area contributed by atoms with E-state index >= 15 is 0 Å². The fourth-order valence-electron chi connectivity index (χ4n) is 2.22. The Bertz CT molecular complexity index is 801. The number of H-pyrrole nitrogens is 1. The van der Waals surface area contributed by atoms with Crippen molar-refractivity contribution in [3.05, 3.63) is 87.1 Å². The second-order valence-electron chi connectivity index (χ2n) is 4.95. The molecule has 0 spiro atoms. The first kappa shape index (κ1) is 14.3. The van der Waals surface area contributed by atoms with Gasteiger partial charge in [-0.25, -0.2) is 9.97 Å². The van der Waals surface area contributed by atoms with Crippen LogP contribution in [0.5, 0.6) is 0 Å². The Morgan fingerprint density at radius 1 is 1.09 bits per heavy atom. The van der Waals surface area contributed by atoms with E-state index in [2.05, 4.69) is 15.0 Å². The van der Waals surface area contributed by atoms with Crippen LogP contribution in [0.2, 0.25) is 0 Å². The molecule has 0 fully saturated rings. The molecule has 0 amide bonds. The van der Waals surface area contributed by atoms with Gasteiger partial charge in [0.05, 0.1) is 0 Å². The van der Waals surface area contributed by atoms with Crippen LogP contribution < -0.4 is 5.56 Å². The van der Waals surface area contributed by atoms with Crippen molar-refractivity contribution in [1.82, 2.24) is 19.5 Å². The minimum Gasteiger partial charge on any atom is -0.320 e. The highest BCUT2D eigenvalue weighted by Gasteiger charge is 2.05. The van der Waals surface area contributed by atoms with Gasteiger partial charge in [0.15, 0.2) is 4.77 Å². The Balaban J connectivity index is 1.93. The molecule has 6 heteroatoms. The lowest BCUT2D eigenvalue weighted by Gasteiger charge is -2.09. The lowest BCUT2D eigenvalue weighted by atomic mass is 10.1. The molecule has 1 N–H and O–H groups in total. The van der Waals surface area contributed by atoms with Gasteiger partial charge in [0.2, 0.25) is 0 Å². The van der Waals surface area contributed by atoms with Gasteiger partial charge in [-0.3, -0.25) is 9.78 Å². The molecule has 110 valence electrons. The fourth-order valence-corrected chi connectivity index (χ4v) is 2.43. The Hall–Kier alpha value is -2.60. The first-order valence-electron chi connectivity index (χ1n) is 6.83. The Morgan fingerprint density at radius 2 is 1.82 bits per heavy atom. The van der Waals surface area contributed by atoms with E-state index in [9.17, 15) is 4.79 Å². The molecule has 3 aromatic rings. The summed E-state index contributed by atoms with van der Waals surface area (Å²) in [6, 6.07) is 9.98. The van der Waals surface area contributed by atoms with Gasteiger partial charge in [0.25, 0.3) is 5.56 Å². The maximum atomic E-state index is 12.1. The van der Waals surface area contributed by atoms with E-state index < -0.39 is 0 Å². The lowest BCUT2D eigenvalue weighted by Crippen LogP contribution is -2.18. The maximum Gasteiger partial charge on any atom is 0.255 e. The fraction of sp³-hybridized carbons (Fsp3) is 0.125. The van der Waals surface area contributed by atoms with E-state index in [1.54, 1.807) is 18.6 Å². The van der Waals surface area contributed by atoms with Crippen LogP contribution in [0.4, 0.5) is 0 Å². The van der Waals surface area contributed by atoms with Gasteiger partial charge in [0, 0.05) is 37.1 Å². The SMILES string of the molecule is O=c1[nH]c(=S)n(Cc2ccccc2)cc1Cc1cncnc1. The van der Waals surface area contributed by atoms with Crippen molar-refractivity contribution in [2.24, 2.45) is 0 Å². The van der Waals surface area contributed by atoms with E-state index in [-0.39, 0.29) is 5.56 Å². The van der Waals surface area contributed by atoms with E-state index in [1.807, 2.05) is 34.9 Å². The summed E-state index contributed by atoms with van der Waals surface area (Å²) in [5.74, 6) is 0. The predicted molar refractivity (Wildman–Crippen MR) is 86.3 cm³/mol. The second-order valence-corrected chi connectivity index (χ2v) is 5.34. The monoisotopic (exact) mass is 310 g/mol. The second kappa shape index (κ2) is 6.44. The molecular weight excluding hydrogens is 296 g/mol. The molecule has 0 unspecified atom stereocenters. The lowest BCUT2D eigenvalue weighted by molar-refractivity contribution is 0.733. The molecule has 2 heterocycles. The maximum absolute atomic E-state index is 12.1. The molecule has 0 saturated heterocycles. The Kier molecular flexibility index (Phi) is 4.20. The van der Waals surface area contributed by atoms with E-state index in [0.29, 0.717) is 23.3 Å². The molecule has 0 saturated carbocycles.